The van der Waals surface area contributed by atoms with Crippen LogP contribution >= 0.6 is 0 Å². The number of fused-ring (bicyclic) bond motifs is 1. The minimum atomic E-state index is -1.03. The van der Waals surface area contributed by atoms with Gasteiger partial charge < -0.3 is 10.1 Å². The van der Waals surface area contributed by atoms with Crippen LogP contribution in [0.1, 0.15) is 36.5 Å². The molecule has 2 aromatic carbocycles. The highest BCUT2D eigenvalue weighted by atomic mass is 16.4. The van der Waals surface area contributed by atoms with Gasteiger partial charge in [0.05, 0.1) is 0 Å². The Kier molecular flexibility index (Phi) is 4.56. The average Bonchev–Trinajstić information content (AvgIpc) is 2.95. The van der Waals surface area contributed by atoms with Crippen LogP contribution in [0.5, 0.6) is 0 Å². The minimum Gasteiger partial charge on any atom is -0.465 e. The molecule has 0 saturated carbocycles. The van der Waals surface area contributed by atoms with Gasteiger partial charge in [0.15, 0.2) is 0 Å². The summed E-state index contributed by atoms with van der Waals surface area (Å²) in [4.78, 5) is 14.2. The fourth-order valence-corrected chi connectivity index (χ4v) is 3.01. The quantitative estimate of drug-likeness (QED) is 0.607. The molecule has 0 fully saturated rings. The number of nitrogens with one attached hydrogen (secondary N) is 2. The number of benzene rings is 2. The van der Waals surface area contributed by atoms with Gasteiger partial charge in [0, 0.05) is 22.8 Å². The maximum atomic E-state index is 10.9. The molecule has 0 aliphatic carbocycles. The van der Waals surface area contributed by atoms with Gasteiger partial charge in [-0.3, -0.25) is 5.32 Å². The van der Waals surface area contributed by atoms with E-state index in [0.717, 1.165) is 29.5 Å². The summed E-state index contributed by atoms with van der Waals surface area (Å²) in [6.45, 7) is 4.23. The van der Waals surface area contributed by atoms with E-state index >= 15 is 0 Å². The summed E-state index contributed by atoms with van der Waals surface area (Å²) in [6.07, 6.45) is 2.82. The lowest BCUT2D eigenvalue weighted by Gasteiger charge is -2.12. The van der Waals surface area contributed by atoms with Gasteiger partial charge in [-0.1, -0.05) is 38.1 Å². The van der Waals surface area contributed by atoms with Crippen LogP contribution < -0.4 is 5.32 Å². The number of hydrogen-bond donors (Lipinski definition) is 3. The predicted octanol–water partition coefficient (Wildman–Crippen LogP) is 5.17. The van der Waals surface area contributed by atoms with Crippen LogP contribution in [0.2, 0.25) is 0 Å². The Labute approximate surface area is 141 Å². The van der Waals surface area contributed by atoms with Crippen molar-refractivity contribution in [1.29, 1.82) is 0 Å². The van der Waals surface area contributed by atoms with Gasteiger partial charge >= 0.3 is 6.09 Å². The summed E-state index contributed by atoms with van der Waals surface area (Å²) in [7, 11) is 0. The zero-order valence-corrected chi connectivity index (χ0v) is 14.0. The largest absolute Gasteiger partial charge is 0.465 e. The smallest absolute Gasteiger partial charge is 0.409 e. The lowest BCUT2D eigenvalue weighted by atomic mass is 9.96. The Morgan fingerprint density at radius 3 is 2.71 bits per heavy atom. The second kappa shape index (κ2) is 6.79. The Balaban J connectivity index is 1.83. The summed E-state index contributed by atoms with van der Waals surface area (Å²) in [6, 6.07) is 14.3. The number of aryl methyl sites for hydroxylation is 2. The number of aromatic nitrogens is 1. The maximum absolute atomic E-state index is 10.9. The SMILES string of the molecule is CC(C)c1cc(CCc2c[nH]c3ccccc23)cc(NC(=O)O)c1. The van der Waals surface area contributed by atoms with Crippen LogP contribution in [0.4, 0.5) is 10.5 Å². The van der Waals surface area contributed by atoms with Crippen molar-refractivity contribution >= 4 is 22.7 Å². The van der Waals surface area contributed by atoms with Gasteiger partial charge in [0.25, 0.3) is 0 Å². The number of anilines is 1. The van der Waals surface area contributed by atoms with Crippen LogP contribution in [0.25, 0.3) is 10.9 Å². The molecule has 3 aromatic rings. The molecule has 0 unspecified atom stereocenters. The first kappa shape index (κ1) is 16.1. The van der Waals surface area contributed by atoms with Crippen molar-refractivity contribution in [3.63, 3.8) is 0 Å². The minimum absolute atomic E-state index is 0.354. The number of para-hydroxylation sites is 1. The molecule has 0 bridgehead atoms. The van der Waals surface area contributed by atoms with E-state index in [0.29, 0.717) is 11.6 Å². The normalized spacial score (nSPS) is 11.1. The topological polar surface area (TPSA) is 65.1 Å². The van der Waals surface area contributed by atoms with E-state index in [1.807, 2.05) is 24.3 Å². The fraction of sp³-hybridized carbons (Fsp3) is 0.250. The molecule has 4 heteroatoms. The summed E-state index contributed by atoms with van der Waals surface area (Å²) in [5.41, 5.74) is 5.37. The molecular formula is C20H22N2O2. The third-order valence-electron chi connectivity index (χ3n) is 4.29. The van der Waals surface area contributed by atoms with Gasteiger partial charge in [0.1, 0.15) is 0 Å². The van der Waals surface area contributed by atoms with Crippen molar-refractivity contribution in [2.24, 2.45) is 0 Å². The van der Waals surface area contributed by atoms with Crippen LogP contribution in [-0.2, 0) is 12.8 Å². The van der Waals surface area contributed by atoms with Crippen LogP contribution in [-0.4, -0.2) is 16.2 Å². The molecule has 0 saturated heterocycles. The zero-order chi connectivity index (χ0) is 17.1. The first-order valence-corrected chi connectivity index (χ1v) is 8.21. The van der Waals surface area contributed by atoms with Crippen LogP contribution in [0.3, 0.4) is 0 Å². The number of hydrogen-bond acceptors (Lipinski definition) is 1. The molecule has 0 spiro atoms. The molecule has 1 heterocycles. The first-order chi connectivity index (χ1) is 11.5. The monoisotopic (exact) mass is 322 g/mol. The fourth-order valence-electron chi connectivity index (χ4n) is 3.01. The lowest BCUT2D eigenvalue weighted by Crippen LogP contribution is -2.08. The number of carboxylic acid groups (broad SMARTS) is 1. The summed E-state index contributed by atoms with van der Waals surface area (Å²) < 4.78 is 0. The molecule has 0 atom stereocenters. The lowest BCUT2D eigenvalue weighted by molar-refractivity contribution is 0.209. The molecule has 24 heavy (non-hydrogen) atoms. The van der Waals surface area contributed by atoms with Crippen molar-refractivity contribution in [2.45, 2.75) is 32.6 Å². The molecule has 0 radical (unpaired) electrons. The van der Waals surface area contributed by atoms with Gasteiger partial charge in [-0.05, 0) is 53.6 Å². The molecule has 0 aliphatic rings. The van der Waals surface area contributed by atoms with E-state index in [1.54, 1.807) is 0 Å². The maximum Gasteiger partial charge on any atom is 0.409 e. The van der Waals surface area contributed by atoms with Crippen LogP contribution in [0.15, 0.2) is 48.7 Å². The summed E-state index contributed by atoms with van der Waals surface area (Å²) in [5.74, 6) is 0.354. The van der Waals surface area contributed by atoms with Gasteiger partial charge in [-0.25, -0.2) is 4.79 Å². The zero-order valence-electron chi connectivity index (χ0n) is 14.0. The molecule has 1 aromatic heterocycles. The second-order valence-corrected chi connectivity index (χ2v) is 6.41. The Hall–Kier alpha value is -2.75. The van der Waals surface area contributed by atoms with E-state index in [2.05, 4.69) is 48.5 Å². The molecular weight excluding hydrogens is 300 g/mol. The van der Waals surface area contributed by atoms with Gasteiger partial charge in [-0.15, -0.1) is 0 Å². The highest BCUT2D eigenvalue weighted by Gasteiger charge is 2.08. The first-order valence-electron chi connectivity index (χ1n) is 8.21. The molecule has 3 rings (SSSR count). The second-order valence-electron chi connectivity index (χ2n) is 6.41. The number of amides is 1. The highest BCUT2D eigenvalue weighted by molar-refractivity contribution is 5.84. The van der Waals surface area contributed by atoms with E-state index in [1.165, 1.54) is 10.9 Å². The van der Waals surface area contributed by atoms with Crippen molar-refractivity contribution in [1.82, 2.24) is 4.98 Å². The molecule has 124 valence electrons. The summed E-state index contributed by atoms with van der Waals surface area (Å²) in [5, 5.41) is 12.7. The molecule has 4 nitrogen and oxygen atoms in total. The highest BCUT2D eigenvalue weighted by Crippen LogP contribution is 2.24. The number of aromatic amines is 1. The van der Waals surface area contributed by atoms with Crippen LogP contribution in [0, 0.1) is 0 Å². The third-order valence-corrected chi connectivity index (χ3v) is 4.29. The van der Waals surface area contributed by atoms with Gasteiger partial charge in [-0.2, -0.15) is 0 Å². The number of H-pyrrole nitrogens is 1. The average molecular weight is 322 g/mol. The number of carbonyl (C=O) groups is 1. The van der Waals surface area contributed by atoms with Crippen molar-refractivity contribution in [3.8, 4) is 0 Å². The Bertz CT molecular complexity index is 865. The van der Waals surface area contributed by atoms with Crippen molar-refractivity contribution in [2.75, 3.05) is 5.32 Å². The third kappa shape index (κ3) is 3.59. The molecule has 1 amide bonds. The molecule has 3 N–H and O–H groups in total. The van der Waals surface area contributed by atoms with E-state index in [4.69, 9.17) is 5.11 Å². The van der Waals surface area contributed by atoms with E-state index < -0.39 is 6.09 Å². The predicted molar refractivity (Wildman–Crippen MR) is 97.9 cm³/mol. The Morgan fingerprint density at radius 2 is 1.96 bits per heavy atom. The molecule has 0 aliphatic heterocycles. The van der Waals surface area contributed by atoms with Gasteiger partial charge in [0.2, 0.25) is 0 Å². The standard InChI is InChI=1S/C20H22N2O2/c1-13(2)16-9-14(10-17(11-16)22-20(23)24)7-8-15-12-21-19-6-4-3-5-18(15)19/h3-6,9-13,21-22H,7-8H2,1-2H3,(H,23,24). The number of rotatable bonds is 5. The van der Waals surface area contributed by atoms with Crippen molar-refractivity contribution < 1.29 is 9.90 Å². The van der Waals surface area contributed by atoms with Crippen molar-refractivity contribution in [3.05, 3.63) is 65.4 Å². The van der Waals surface area contributed by atoms with E-state index in [9.17, 15) is 4.79 Å². The van der Waals surface area contributed by atoms with E-state index in [-0.39, 0.29) is 0 Å². The Morgan fingerprint density at radius 1 is 1.17 bits per heavy atom. The summed E-state index contributed by atoms with van der Waals surface area (Å²) >= 11 is 0.